The molecule has 1 fully saturated rings. The minimum absolute atomic E-state index is 0.115. The van der Waals surface area contributed by atoms with Crippen LogP contribution in [0.25, 0.3) is 0 Å². The molecule has 0 aromatic rings. The van der Waals surface area contributed by atoms with Gasteiger partial charge in [-0.25, -0.2) is 4.79 Å². The lowest BCUT2D eigenvalue weighted by atomic mass is 9.98. The van der Waals surface area contributed by atoms with Crippen molar-refractivity contribution in [3.05, 3.63) is 0 Å². The highest BCUT2D eigenvalue weighted by atomic mass is 16.4. The van der Waals surface area contributed by atoms with E-state index in [1.807, 2.05) is 5.32 Å². The quantitative estimate of drug-likeness (QED) is 0.750. The molecule has 2 aliphatic heterocycles. The highest BCUT2D eigenvalue weighted by Gasteiger charge is 2.33. The lowest BCUT2D eigenvalue weighted by molar-refractivity contribution is -0.140. The van der Waals surface area contributed by atoms with E-state index in [1.165, 1.54) is 4.90 Å². The number of carbonyl (C=O) groups is 4. The Kier molecular flexibility index (Phi) is 4.11. The molecular weight excluding hydrogens is 266 g/mol. The predicted octanol–water partition coefficient (Wildman–Crippen LogP) is -0.0769. The number of piperidine rings is 1. The molecule has 0 saturated carbocycles. The zero-order chi connectivity index (χ0) is 14.7. The second-order valence-electron chi connectivity index (χ2n) is 4.83. The minimum Gasteiger partial charge on any atom is -0.481 e. The summed E-state index contributed by atoms with van der Waals surface area (Å²) < 4.78 is 0. The Morgan fingerprint density at radius 1 is 1.35 bits per heavy atom. The first-order valence-electron chi connectivity index (χ1n) is 6.41. The number of likely N-dealkylation sites (tertiary alicyclic amines) is 1. The first-order chi connectivity index (χ1) is 9.47. The van der Waals surface area contributed by atoms with Crippen molar-refractivity contribution in [2.75, 3.05) is 6.54 Å². The van der Waals surface area contributed by atoms with E-state index in [4.69, 9.17) is 5.11 Å². The number of hydrogen-bond acceptors (Lipinski definition) is 4. The molecule has 2 N–H and O–H groups in total. The highest BCUT2D eigenvalue weighted by molar-refractivity contribution is 6.44. The summed E-state index contributed by atoms with van der Waals surface area (Å²) in [5, 5.41) is 10.9. The van der Waals surface area contributed by atoms with Gasteiger partial charge in [-0.3, -0.25) is 19.7 Å². The van der Waals surface area contributed by atoms with Crippen LogP contribution in [0.2, 0.25) is 0 Å². The third-order valence-corrected chi connectivity index (χ3v) is 3.36. The monoisotopic (exact) mass is 281 g/mol. The van der Waals surface area contributed by atoms with Gasteiger partial charge in [0.05, 0.1) is 12.8 Å². The van der Waals surface area contributed by atoms with Crippen LogP contribution in [0.5, 0.6) is 0 Å². The number of urea groups is 1. The first-order valence-corrected chi connectivity index (χ1v) is 6.41. The van der Waals surface area contributed by atoms with Crippen LogP contribution in [0.1, 0.15) is 32.1 Å². The van der Waals surface area contributed by atoms with Crippen LogP contribution >= 0.6 is 0 Å². The van der Waals surface area contributed by atoms with E-state index in [2.05, 4.69) is 4.99 Å². The number of imide groups is 1. The van der Waals surface area contributed by atoms with E-state index in [0.29, 0.717) is 13.0 Å². The number of aliphatic carboxylic acids is 1. The average Bonchev–Trinajstić information content (AvgIpc) is 2.36. The standard InChI is InChI=1S/C12H15N3O5/c16-9-6-8(13-12(20)14-9)11(19)15-4-2-1-3-7(15)5-10(17)18/h7H,1-6H2,(H,17,18)(H,14,16,20). The molecule has 1 saturated heterocycles. The lowest BCUT2D eigenvalue weighted by Crippen LogP contribution is -2.50. The van der Waals surface area contributed by atoms with Crippen LogP contribution in [0.4, 0.5) is 4.79 Å². The molecular formula is C12H15N3O5. The summed E-state index contributed by atoms with van der Waals surface area (Å²) in [5.41, 5.74) is -0.115. The molecule has 2 rings (SSSR count). The van der Waals surface area contributed by atoms with Gasteiger partial charge in [0.15, 0.2) is 0 Å². The molecule has 8 nitrogen and oxygen atoms in total. The molecule has 4 amide bonds. The van der Waals surface area contributed by atoms with Gasteiger partial charge in [0.1, 0.15) is 5.71 Å². The molecule has 1 unspecified atom stereocenters. The lowest BCUT2D eigenvalue weighted by Gasteiger charge is -2.35. The van der Waals surface area contributed by atoms with Crippen molar-refractivity contribution in [3.8, 4) is 0 Å². The Labute approximate surface area is 114 Å². The molecule has 0 bridgehead atoms. The van der Waals surface area contributed by atoms with Gasteiger partial charge in [-0.2, -0.15) is 4.99 Å². The predicted molar refractivity (Wildman–Crippen MR) is 67.2 cm³/mol. The maximum absolute atomic E-state index is 12.3. The van der Waals surface area contributed by atoms with Gasteiger partial charge in [0.25, 0.3) is 5.91 Å². The third kappa shape index (κ3) is 3.19. The van der Waals surface area contributed by atoms with E-state index in [9.17, 15) is 19.2 Å². The number of nitrogens with one attached hydrogen (secondary N) is 1. The first kappa shape index (κ1) is 14.2. The molecule has 8 heteroatoms. The smallest absolute Gasteiger partial charge is 0.348 e. The molecule has 0 radical (unpaired) electrons. The fourth-order valence-electron chi connectivity index (χ4n) is 2.48. The van der Waals surface area contributed by atoms with Crippen molar-refractivity contribution >= 4 is 29.5 Å². The number of amides is 4. The number of aliphatic imine (C=N–C) groups is 1. The fourth-order valence-corrected chi connectivity index (χ4v) is 2.48. The Hall–Kier alpha value is -2.25. The molecule has 1 atom stereocenters. The topological polar surface area (TPSA) is 116 Å². The van der Waals surface area contributed by atoms with Gasteiger partial charge in [-0.1, -0.05) is 0 Å². The summed E-state index contributed by atoms with van der Waals surface area (Å²) in [4.78, 5) is 50.5. The zero-order valence-electron chi connectivity index (χ0n) is 10.8. The zero-order valence-corrected chi connectivity index (χ0v) is 10.8. The van der Waals surface area contributed by atoms with Crippen molar-refractivity contribution in [2.45, 2.75) is 38.1 Å². The van der Waals surface area contributed by atoms with Gasteiger partial charge in [-0.05, 0) is 19.3 Å². The van der Waals surface area contributed by atoms with Crippen LogP contribution in [0.3, 0.4) is 0 Å². The van der Waals surface area contributed by atoms with E-state index in [1.54, 1.807) is 0 Å². The van der Waals surface area contributed by atoms with Crippen LogP contribution in [-0.2, 0) is 14.4 Å². The van der Waals surface area contributed by atoms with Gasteiger partial charge in [-0.15, -0.1) is 0 Å². The van der Waals surface area contributed by atoms with E-state index in [-0.39, 0.29) is 18.6 Å². The maximum Gasteiger partial charge on any atom is 0.348 e. The Balaban J connectivity index is 2.15. The van der Waals surface area contributed by atoms with Crippen molar-refractivity contribution in [3.63, 3.8) is 0 Å². The molecule has 0 aromatic carbocycles. The Morgan fingerprint density at radius 2 is 2.10 bits per heavy atom. The van der Waals surface area contributed by atoms with Crippen molar-refractivity contribution in [1.29, 1.82) is 0 Å². The van der Waals surface area contributed by atoms with Gasteiger partial charge in [0, 0.05) is 12.6 Å². The van der Waals surface area contributed by atoms with Crippen LogP contribution < -0.4 is 5.32 Å². The van der Waals surface area contributed by atoms with Crippen molar-refractivity contribution in [1.82, 2.24) is 10.2 Å². The minimum atomic E-state index is -0.978. The number of carbonyl (C=O) groups excluding carboxylic acids is 3. The van der Waals surface area contributed by atoms with E-state index in [0.717, 1.165) is 12.8 Å². The van der Waals surface area contributed by atoms with Crippen LogP contribution in [0, 0.1) is 0 Å². The SMILES string of the molecule is O=C(O)CC1CCCCN1C(=O)C1=NC(=O)NC(=O)C1. The average molecular weight is 281 g/mol. The fraction of sp³-hybridized carbons (Fsp3) is 0.583. The molecule has 108 valence electrons. The number of hydrogen-bond donors (Lipinski definition) is 2. The summed E-state index contributed by atoms with van der Waals surface area (Å²) in [6.07, 6.45) is 1.84. The van der Waals surface area contributed by atoms with Crippen LogP contribution in [0.15, 0.2) is 4.99 Å². The normalized spacial score (nSPS) is 23.1. The second kappa shape index (κ2) is 5.81. The molecule has 2 aliphatic rings. The highest BCUT2D eigenvalue weighted by Crippen LogP contribution is 2.21. The second-order valence-corrected chi connectivity index (χ2v) is 4.83. The molecule has 0 aromatic heterocycles. The number of rotatable bonds is 3. The van der Waals surface area contributed by atoms with E-state index < -0.39 is 29.9 Å². The van der Waals surface area contributed by atoms with Crippen molar-refractivity contribution < 1.29 is 24.3 Å². The van der Waals surface area contributed by atoms with Gasteiger partial charge in [0.2, 0.25) is 5.91 Å². The third-order valence-electron chi connectivity index (χ3n) is 3.36. The summed E-state index contributed by atoms with van der Waals surface area (Å²) >= 11 is 0. The van der Waals surface area contributed by atoms with Gasteiger partial charge >= 0.3 is 12.0 Å². The Bertz CT molecular complexity index is 499. The molecule has 2 heterocycles. The van der Waals surface area contributed by atoms with Gasteiger partial charge < -0.3 is 10.0 Å². The summed E-state index contributed by atoms with van der Waals surface area (Å²) in [6.45, 7) is 0.422. The number of nitrogens with zero attached hydrogens (tertiary/aromatic N) is 2. The maximum atomic E-state index is 12.3. The number of carboxylic acids is 1. The number of carboxylic acid groups (broad SMARTS) is 1. The van der Waals surface area contributed by atoms with Crippen molar-refractivity contribution in [2.24, 2.45) is 4.99 Å². The summed E-state index contributed by atoms with van der Waals surface area (Å²) in [6, 6.07) is -1.26. The molecule has 20 heavy (non-hydrogen) atoms. The molecule has 0 aliphatic carbocycles. The summed E-state index contributed by atoms with van der Waals surface area (Å²) in [7, 11) is 0. The largest absolute Gasteiger partial charge is 0.481 e. The van der Waals surface area contributed by atoms with Crippen LogP contribution in [-0.4, -0.2) is 52.1 Å². The Morgan fingerprint density at radius 3 is 2.75 bits per heavy atom. The molecule has 0 spiro atoms. The van der Waals surface area contributed by atoms with E-state index >= 15 is 0 Å². The summed E-state index contributed by atoms with van der Waals surface area (Å²) in [5.74, 6) is -2.06.